The maximum atomic E-state index is 6.05. The molecule has 2 fully saturated rings. The third-order valence-electron chi connectivity index (χ3n) is 4.39. The van der Waals surface area contributed by atoms with E-state index in [9.17, 15) is 0 Å². The molecule has 1 aliphatic carbocycles. The minimum Gasteiger partial charge on any atom is -0.374 e. The van der Waals surface area contributed by atoms with Crippen LogP contribution in [-0.2, 0) is 4.74 Å². The van der Waals surface area contributed by atoms with Gasteiger partial charge in [-0.3, -0.25) is 0 Å². The lowest BCUT2D eigenvalue weighted by atomic mass is 9.82. The van der Waals surface area contributed by atoms with Crippen LogP contribution in [-0.4, -0.2) is 24.8 Å². The van der Waals surface area contributed by atoms with E-state index >= 15 is 0 Å². The van der Waals surface area contributed by atoms with Crippen molar-refractivity contribution in [2.45, 2.75) is 70.4 Å². The van der Waals surface area contributed by atoms with Crippen LogP contribution in [0, 0.1) is 5.92 Å². The van der Waals surface area contributed by atoms with E-state index in [2.05, 4.69) is 19.2 Å². The molecule has 1 heterocycles. The highest BCUT2D eigenvalue weighted by molar-refractivity contribution is 4.97. The number of nitrogens with one attached hydrogen (secondary N) is 1. The normalized spacial score (nSPS) is 33.4. The van der Waals surface area contributed by atoms with Crippen molar-refractivity contribution < 1.29 is 4.74 Å². The van der Waals surface area contributed by atoms with Gasteiger partial charge in [-0.2, -0.15) is 0 Å². The Morgan fingerprint density at radius 2 is 2.06 bits per heavy atom. The second kappa shape index (κ2) is 5.50. The van der Waals surface area contributed by atoms with Crippen molar-refractivity contribution in [2.24, 2.45) is 5.92 Å². The summed E-state index contributed by atoms with van der Waals surface area (Å²) in [5.74, 6) is 0.856. The summed E-state index contributed by atoms with van der Waals surface area (Å²) in [4.78, 5) is 0. The molecule has 1 aliphatic heterocycles. The fraction of sp³-hybridized carbons (Fsp3) is 1.00. The third kappa shape index (κ3) is 2.60. The molecule has 94 valence electrons. The predicted molar refractivity (Wildman–Crippen MR) is 67.6 cm³/mol. The van der Waals surface area contributed by atoms with Gasteiger partial charge >= 0.3 is 0 Å². The predicted octanol–water partition coefficient (Wildman–Crippen LogP) is 3.11. The Balaban J connectivity index is 2.00. The Labute approximate surface area is 100 Å². The van der Waals surface area contributed by atoms with Gasteiger partial charge in [0.25, 0.3) is 0 Å². The van der Waals surface area contributed by atoms with Crippen LogP contribution in [0.15, 0.2) is 0 Å². The van der Waals surface area contributed by atoms with Gasteiger partial charge in [0.05, 0.1) is 5.60 Å². The van der Waals surface area contributed by atoms with E-state index in [0.717, 1.165) is 19.1 Å². The Kier molecular flexibility index (Phi) is 4.26. The number of hydrogen-bond acceptors (Lipinski definition) is 2. The van der Waals surface area contributed by atoms with E-state index in [4.69, 9.17) is 4.74 Å². The zero-order valence-electron chi connectivity index (χ0n) is 10.9. The molecule has 1 N–H and O–H groups in total. The molecule has 0 bridgehead atoms. The van der Waals surface area contributed by atoms with Crippen LogP contribution >= 0.6 is 0 Å². The molecule has 0 radical (unpaired) electrons. The Morgan fingerprint density at radius 1 is 1.31 bits per heavy atom. The van der Waals surface area contributed by atoms with E-state index in [1.807, 2.05) is 0 Å². The van der Waals surface area contributed by atoms with Crippen LogP contribution in [0.2, 0.25) is 0 Å². The standard InChI is InChI=1S/C14H27NO/c1-3-10-15-13(12-7-4-5-8-12)14(2)9-6-11-16-14/h12-13,15H,3-11H2,1-2H3. The number of rotatable bonds is 5. The van der Waals surface area contributed by atoms with Crippen LogP contribution in [0.1, 0.15) is 58.8 Å². The minimum atomic E-state index is 0.115. The first kappa shape index (κ1) is 12.4. The van der Waals surface area contributed by atoms with Crippen molar-refractivity contribution in [3.05, 3.63) is 0 Å². The highest BCUT2D eigenvalue weighted by Crippen LogP contribution is 2.38. The first-order valence-corrected chi connectivity index (χ1v) is 7.13. The van der Waals surface area contributed by atoms with Gasteiger partial charge in [-0.1, -0.05) is 19.8 Å². The number of hydrogen-bond donors (Lipinski definition) is 1. The lowest BCUT2D eigenvalue weighted by Gasteiger charge is -2.38. The first-order valence-electron chi connectivity index (χ1n) is 7.13. The van der Waals surface area contributed by atoms with Crippen LogP contribution < -0.4 is 5.32 Å². The molecular weight excluding hydrogens is 198 g/mol. The average molecular weight is 225 g/mol. The maximum Gasteiger partial charge on any atom is 0.0810 e. The van der Waals surface area contributed by atoms with E-state index in [1.54, 1.807) is 0 Å². The zero-order chi connectivity index (χ0) is 11.4. The van der Waals surface area contributed by atoms with E-state index in [1.165, 1.54) is 44.9 Å². The quantitative estimate of drug-likeness (QED) is 0.776. The van der Waals surface area contributed by atoms with E-state index in [-0.39, 0.29) is 5.60 Å². The molecule has 1 saturated heterocycles. The van der Waals surface area contributed by atoms with Gasteiger partial charge in [0, 0.05) is 12.6 Å². The molecule has 0 aromatic heterocycles. The minimum absolute atomic E-state index is 0.115. The molecule has 16 heavy (non-hydrogen) atoms. The SMILES string of the molecule is CCCNC(C1CCCC1)C1(C)CCCO1. The molecule has 0 aromatic rings. The summed E-state index contributed by atoms with van der Waals surface area (Å²) < 4.78 is 6.05. The van der Waals surface area contributed by atoms with Gasteiger partial charge in [-0.25, -0.2) is 0 Å². The molecule has 2 atom stereocenters. The van der Waals surface area contributed by atoms with E-state index in [0.29, 0.717) is 6.04 Å². The largest absolute Gasteiger partial charge is 0.374 e. The first-order chi connectivity index (χ1) is 7.76. The van der Waals surface area contributed by atoms with Crippen molar-refractivity contribution in [3.8, 4) is 0 Å². The van der Waals surface area contributed by atoms with Gasteiger partial charge in [-0.05, 0) is 51.5 Å². The molecule has 2 unspecified atom stereocenters. The van der Waals surface area contributed by atoms with Crippen LogP contribution in [0.3, 0.4) is 0 Å². The monoisotopic (exact) mass is 225 g/mol. The number of ether oxygens (including phenoxy) is 1. The average Bonchev–Trinajstić information content (AvgIpc) is 2.91. The van der Waals surface area contributed by atoms with Crippen molar-refractivity contribution in [1.82, 2.24) is 5.32 Å². The fourth-order valence-corrected chi connectivity index (χ4v) is 3.52. The Morgan fingerprint density at radius 3 is 2.62 bits per heavy atom. The van der Waals surface area contributed by atoms with Crippen LogP contribution in [0.5, 0.6) is 0 Å². The van der Waals surface area contributed by atoms with Crippen molar-refractivity contribution >= 4 is 0 Å². The van der Waals surface area contributed by atoms with Crippen LogP contribution in [0.4, 0.5) is 0 Å². The summed E-state index contributed by atoms with van der Waals surface area (Å²) in [6.07, 6.45) is 9.36. The zero-order valence-corrected chi connectivity index (χ0v) is 10.9. The van der Waals surface area contributed by atoms with Gasteiger partial charge in [0.2, 0.25) is 0 Å². The van der Waals surface area contributed by atoms with E-state index < -0.39 is 0 Å². The van der Waals surface area contributed by atoms with Crippen LogP contribution in [0.25, 0.3) is 0 Å². The topological polar surface area (TPSA) is 21.3 Å². The highest BCUT2D eigenvalue weighted by atomic mass is 16.5. The van der Waals surface area contributed by atoms with Crippen molar-refractivity contribution in [3.63, 3.8) is 0 Å². The molecule has 0 spiro atoms. The maximum absolute atomic E-state index is 6.05. The summed E-state index contributed by atoms with van der Waals surface area (Å²) in [6, 6.07) is 0.595. The summed E-state index contributed by atoms with van der Waals surface area (Å²) in [5, 5.41) is 3.77. The van der Waals surface area contributed by atoms with Gasteiger partial charge in [-0.15, -0.1) is 0 Å². The molecule has 2 aliphatic rings. The lowest BCUT2D eigenvalue weighted by molar-refractivity contribution is -0.0280. The molecule has 2 rings (SSSR count). The Bertz CT molecular complexity index is 205. The van der Waals surface area contributed by atoms with Crippen molar-refractivity contribution in [2.75, 3.05) is 13.2 Å². The van der Waals surface area contributed by atoms with Gasteiger partial charge in [0.1, 0.15) is 0 Å². The van der Waals surface area contributed by atoms with Gasteiger partial charge in [0.15, 0.2) is 0 Å². The smallest absolute Gasteiger partial charge is 0.0810 e. The third-order valence-corrected chi connectivity index (χ3v) is 4.39. The highest BCUT2D eigenvalue weighted by Gasteiger charge is 2.42. The summed E-state index contributed by atoms with van der Waals surface area (Å²) >= 11 is 0. The Hall–Kier alpha value is -0.0800. The second-order valence-corrected chi connectivity index (χ2v) is 5.74. The molecule has 0 amide bonds. The lowest BCUT2D eigenvalue weighted by Crippen LogP contribution is -2.52. The summed E-state index contributed by atoms with van der Waals surface area (Å²) in [6.45, 7) is 6.68. The second-order valence-electron chi connectivity index (χ2n) is 5.74. The summed E-state index contributed by atoms with van der Waals surface area (Å²) in [7, 11) is 0. The summed E-state index contributed by atoms with van der Waals surface area (Å²) in [5.41, 5.74) is 0.115. The molecule has 2 heteroatoms. The molecule has 1 saturated carbocycles. The molecular formula is C14H27NO. The molecule has 0 aromatic carbocycles. The van der Waals surface area contributed by atoms with Gasteiger partial charge < -0.3 is 10.1 Å². The molecule has 2 nitrogen and oxygen atoms in total. The van der Waals surface area contributed by atoms with Crippen molar-refractivity contribution in [1.29, 1.82) is 0 Å². The fourth-order valence-electron chi connectivity index (χ4n) is 3.52.